The molecule has 4 fully saturated rings. The predicted molar refractivity (Wildman–Crippen MR) is 112 cm³/mol. The quantitative estimate of drug-likeness (QED) is 0.625. The maximum absolute atomic E-state index is 11.6. The van der Waals surface area contributed by atoms with Gasteiger partial charge in [0.05, 0.1) is 6.10 Å². The summed E-state index contributed by atoms with van der Waals surface area (Å²) in [6, 6.07) is 0. The number of aliphatic hydroxyl groups is 2. The third-order valence-corrected chi connectivity index (χ3v) is 10.3. The minimum absolute atomic E-state index is 0.134. The molecule has 2 N–H and O–H groups in total. The smallest absolute Gasteiger partial charge is 0.333 e. The Bertz CT molecular complexity index is 759. The average Bonchev–Trinajstić information content (AvgIpc) is 2.99. The first-order chi connectivity index (χ1) is 14.1. The molecule has 5 heteroatoms. The number of rotatable bonds is 1. The van der Waals surface area contributed by atoms with Gasteiger partial charge in [0.2, 0.25) is 6.29 Å². The largest absolute Gasteiger partial charge is 0.429 e. The average molecular weight is 419 g/mol. The lowest BCUT2D eigenvalue weighted by Crippen LogP contribution is -2.62. The molecule has 0 aromatic rings. The van der Waals surface area contributed by atoms with Crippen molar-refractivity contribution >= 4 is 5.97 Å². The zero-order valence-corrected chi connectivity index (χ0v) is 18.9. The van der Waals surface area contributed by atoms with E-state index in [0.29, 0.717) is 28.2 Å². The van der Waals surface area contributed by atoms with Crippen LogP contribution in [0, 0.1) is 39.9 Å². The third-order valence-electron chi connectivity index (χ3n) is 10.3. The highest BCUT2D eigenvalue weighted by Crippen LogP contribution is 2.70. The van der Waals surface area contributed by atoms with Crippen molar-refractivity contribution in [3.63, 3.8) is 0 Å². The van der Waals surface area contributed by atoms with Gasteiger partial charge in [-0.2, -0.15) is 0 Å². The minimum Gasteiger partial charge on any atom is -0.429 e. The highest BCUT2D eigenvalue weighted by Gasteiger charge is 2.63. The van der Waals surface area contributed by atoms with E-state index in [2.05, 4.69) is 27.7 Å². The van der Waals surface area contributed by atoms with E-state index in [4.69, 9.17) is 9.47 Å². The first-order valence-corrected chi connectivity index (χ1v) is 12.0. The number of carbonyl (C=O) groups is 1. The number of hydrogen-bond acceptors (Lipinski definition) is 5. The van der Waals surface area contributed by atoms with Gasteiger partial charge in [-0.1, -0.05) is 34.1 Å². The molecule has 3 saturated carbocycles. The van der Waals surface area contributed by atoms with Gasteiger partial charge >= 0.3 is 5.97 Å². The Labute approximate surface area is 180 Å². The Balaban J connectivity index is 1.47. The van der Waals surface area contributed by atoms with E-state index in [1.807, 2.05) is 0 Å². The van der Waals surface area contributed by atoms with Crippen LogP contribution >= 0.6 is 0 Å². The molecule has 5 rings (SSSR count). The number of ether oxygens (including phenoxy) is 2. The minimum atomic E-state index is -1.24. The fraction of sp³-hybridized carbons (Fsp3) is 0.880. The van der Waals surface area contributed by atoms with Crippen LogP contribution in [0.15, 0.2) is 11.6 Å². The van der Waals surface area contributed by atoms with Crippen molar-refractivity contribution in [1.29, 1.82) is 0 Å². The lowest BCUT2D eigenvalue weighted by Gasteiger charge is -2.67. The van der Waals surface area contributed by atoms with Crippen LogP contribution in [-0.4, -0.2) is 34.9 Å². The van der Waals surface area contributed by atoms with Gasteiger partial charge in [0.1, 0.15) is 0 Å². The Morgan fingerprint density at radius 3 is 2.43 bits per heavy atom. The fourth-order valence-corrected chi connectivity index (χ4v) is 9.07. The molecule has 0 amide bonds. The first-order valence-electron chi connectivity index (χ1n) is 12.0. The molecule has 30 heavy (non-hydrogen) atoms. The van der Waals surface area contributed by atoms with Crippen LogP contribution in [-0.2, 0) is 14.3 Å². The van der Waals surface area contributed by atoms with E-state index in [1.165, 1.54) is 44.6 Å². The molecule has 2 aliphatic heterocycles. The summed E-state index contributed by atoms with van der Waals surface area (Å²) in [5.74, 6) is 1.35. The summed E-state index contributed by atoms with van der Waals surface area (Å²) >= 11 is 0. The molecule has 0 aromatic carbocycles. The molecule has 9 unspecified atom stereocenters. The molecule has 5 aliphatic rings. The first kappa shape index (κ1) is 21.0. The number of esters is 1. The van der Waals surface area contributed by atoms with Crippen LogP contribution < -0.4 is 0 Å². The lowest BCUT2D eigenvalue weighted by atomic mass is 9.38. The lowest BCUT2D eigenvalue weighted by molar-refractivity contribution is -0.263. The van der Waals surface area contributed by atoms with E-state index < -0.39 is 24.7 Å². The van der Waals surface area contributed by atoms with E-state index >= 15 is 0 Å². The second kappa shape index (κ2) is 6.79. The number of fused-ring (bicyclic) bond motifs is 5. The molecule has 9 atom stereocenters. The highest BCUT2D eigenvalue weighted by atomic mass is 16.6. The van der Waals surface area contributed by atoms with Crippen molar-refractivity contribution in [2.75, 3.05) is 0 Å². The second-order valence-electron chi connectivity index (χ2n) is 12.0. The van der Waals surface area contributed by atoms with Gasteiger partial charge < -0.3 is 19.7 Å². The van der Waals surface area contributed by atoms with E-state index in [1.54, 1.807) is 0 Å². The maximum atomic E-state index is 11.6. The molecule has 2 heterocycles. The Morgan fingerprint density at radius 1 is 0.967 bits per heavy atom. The molecular formula is C25H38O5. The summed E-state index contributed by atoms with van der Waals surface area (Å²) in [5, 5.41) is 21.1. The second-order valence-corrected chi connectivity index (χ2v) is 12.0. The molecule has 0 radical (unpaired) electrons. The van der Waals surface area contributed by atoms with Crippen molar-refractivity contribution in [3.05, 3.63) is 11.6 Å². The topological polar surface area (TPSA) is 76.0 Å². The van der Waals surface area contributed by atoms with Crippen molar-refractivity contribution in [1.82, 2.24) is 0 Å². The summed E-state index contributed by atoms with van der Waals surface area (Å²) in [5.41, 5.74) is 1.38. The molecule has 5 nitrogen and oxygen atoms in total. The Kier molecular flexibility index (Phi) is 4.75. The monoisotopic (exact) mass is 418 g/mol. The van der Waals surface area contributed by atoms with Gasteiger partial charge in [-0.05, 0) is 78.9 Å². The number of cyclic esters (lactones) is 1. The van der Waals surface area contributed by atoms with Crippen LogP contribution in [0.3, 0.4) is 0 Å². The third kappa shape index (κ3) is 2.87. The molecule has 0 aromatic heterocycles. The molecular weight excluding hydrogens is 380 g/mol. The van der Waals surface area contributed by atoms with Crippen molar-refractivity contribution in [2.24, 2.45) is 39.9 Å². The van der Waals surface area contributed by atoms with Crippen LogP contribution in [0.5, 0.6) is 0 Å². The van der Waals surface area contributed by atoms with Crippen molar-refractivity contribution in [2.45, 2.75) is 97.7 Å². The van der Waals surface area contributed by atoms with Gasteiger partial charge in [0.25, 0.3) is 0 Å². The van der Waals surface area contributed by atoms with Gasteiger partial charge in [0, 0.05) is 17.6 Å². The summed E-state index contributed by atoms with van der Waals surface area (Å²) in [6.45, 7) is 9.98. The SMILES string of the molecule is CC1(C)CCCC2(C)C1CCC1(C)C3CC(C4=CC(=O)OC4O)OC(O)C3CCC12. The number of carbonyl (C=O) groups excluding carboxylic acids is 1. The van der Waals surface area contributed by atoms with Crippen LogP contribution in [0.25, 0.3) is 0 Å². The van der Waals surface area contributed by atoms with Crippen LogP contribution in [0.4, 0.5) is 0 Å². The molecule has 3 aliphatic carbocycles. The maximum Gasteiger partial charge on any atom is 0.333 e. The Morgan fingerprint density at radius 2 is 1.73 bits per heavy atom. The fourth-order valence-electron chi connectivity index (χ4n) is 9.07. The Hall–Kier alpha value is -0.910. The summed E-state index contributed by atoms with van der Waals surface area (Å²) < 4.78 is 10.8. The van der Waals surface area contributed by atoms with Crippen molar-refractivity contribution in [3.8, 4) is 0 Å². The van der Waals surface area contributed by atoms with Gasteiger partial charge in [-0.3, -0.25) is 0 Å². The molecule has 168 valence electrons. The van der Waals surface area contributed by atoms with Gasteiger partial charge in [-0.15, -0.1) is 0 Å². The van der Waals surface area contributed by atoms with Crippen LogP contribution in [0.1, 0.15) is 79.1 Å². The van der Waals surface area contributed by atoms with Crippen molar-refractivity contribution < 1.29 is 24.5 Å². The zero-order chi connectivity index (χ0) is 21.5. The number of aliphatic hydroxyl groups excluding tert-OH is 2. The zero-order valence-electron chi connectivity index (χ0n) is 18.9. The van der Waals surface area contributed by atoms with Gasteiger partial charge in [-0.25, -0.2) is 4.79 Å². The molecule has 1 saturated heterocycles. The summed E-state index contributed by atoms with van der Waals surface area (Å²) in [6.07, 6.45) is 8.13. The summed E-state index contributed by atoms with van der Waals surface area (Å²) in [4.78, 5) is 11.6. The molecule has 0 bridgehead atoms. The standard InChI is InChI=1S/C25H38O5/c1-23(2)9-5-10-25(4)18(23)8-11-24(3)16-13-17(15-12-20(26)30-22(15)28)29-21(27)14(16)6-7-19(24)25/h12,14,16-19,21-22,27-28H,5-11,13H2,1-4H3. The van der Waals surface area contributed by atoms with Crippen LogP contribution in [0.2, 0.25) is 0 Å². The van der Waals surface area contributed by atoms with Gasteiger partial charge in [0.15, 0.2) is 6.29 Å². The van der Waals surface area contributed by atoms with E-state index in [9.17, 15) is 15.0 Å². The normalized spacial score (nSPS) is 52.5. The summed E-state index contributed by atoms with van der Waals surface area (Å²) in [7, 11) is 0. The highest BCUT2D eigenvalue weighted by molar-refractivity contribution is 5.85. The molecule has 0 spiro atoms. The van der Waals surface area contributed by atoms with E-state index in [-0.39, 0.29) is 11.3 Å². The predicted octanol–water partition coefficient (Wildman–Crippen LogP) is 4.17. The number of hydrogen-bond donors (Lipinski definition) is 2. The van der Waals surface area contributed by atoms with E-state index in [0.717, 1.165) is 18.8 Å².